The number of nitrogens with zero attached hydrogens (tertiary/aromatic N) is 1. The van der Waals surface area contributed by atoms with Gasteiger partial charge < -0.3 is 15.2 Å². The minimum absolute atomic E-state index is 0.00464. The molecule has 3 rings (SSSR count). The van der Waals surface area contributed by atoms with E-state index in [4.69, 9.17) is 4.74 Å². The summed E-state index contributed by atoms with van der Waals surface area (Å²) in [6.07, 6.45) is 2.11. The predicted octanol–water partition coefficient (Wildman–Crippen LogP) is 3.81. The van der Waals surface area contributed by atoms with E-state index >= 15 is 0 Å². The van der Waals surface area contributed by atoms with Gasteiger partial charge in [0.25, 0.3) is 5.91 Å². The summed E-state index contributed by atoms with van der Waals surface area (Å²) in [5.41, 5.74) is 1.59. The van der Waals surface area contributed by atoms with Crippen molar-refractivity contribution in [1.29, 1.82) is 0 Å². The summed E-state index contributed by atoms with van der Waals surface area (Å²) in [7, 11) is 1.68. The first-order valence-corrected chi connectivity index (χ1v) is 9.96. The number of hydrogen-bond acceptors (Lipinski definition) is 4. The number of likely N-dealkylation sites (tertiary alicyclic amines) is 1. The van der Waals surface area contributed by atoms with Gasteiger partial charge in [0.2, 0.25) is 0 Å². The second-order valence-electron chi connectivity index (χ2n) is 6.94. The Hall–Kier alpha value is -2.05. The smallest absolute Gasteiger partial charge is 0.255 e. The number of piperidine rings is 1. The van der Waals surface area contributed by atoms with Gasteiger partial charge in [0.15, 0.2) is 0 Å². The molecule has 1 heterocycles. The summed E-state index contributed by atoms with van der Waals surface area (Å²) in [5.74, 6) is 1.12. The molecular formula is C21H25BrN2O3. The molecule has 0 aromatic heterocycles. The van der Waals surface area contributed by atoms with E-state index in [-0.39, 0.29) is 11.7 Å². The number of halogens is 1. The highest BCUT2D eigenvalue weighted by molar-refractivity contribution is 9.10. The molecule has 0 aliphatic carbocycles. The summed E-state index contributed by atoms with van der Waals surface area (Å²) >= 11 is 3.33. The van der Waals surface area contributed by atoms with Gasteiger partial charge in [0, 0.05) is 17.6 Å². The third-order valence-corrected chi connectivity index (χ3v) is 5.52. The number of benzene rings is 2. The Bertz CT molecular complexity index is 771. The van der Waals surface area contributed by atoms with Gasteiger partial charge in [-0.2, -0.15) is 0 Å². The quantitative estimate of drug-likeness (QED) is 0.728. The lowest BCUT2D eigenvalue weighted by atomic mass is 9.96. The van der Waals surface area contributed by atoms with Crippen molar-refractivity contribution in [2.45, 2.75) is 19.4 Å². The molecule has 2 aromatic carbocycles. The van der Waals surface area contributed by atoms with E-state index in [9.17, 15) is 9.90 Å². The van der Waals surface area contributed by atoms with E-state index in [2.05, 4.69) is 38.3 Å². The number of carbonyl (C=O) groups is 1. The molecule has 2 N–H and O–H groups in total. The zero-order valence-corrected chi connectivity index (χ0v) is 17.0. The van der Waals surface area contributed by atoms with E-state index in [1.807, 2.05) is 12.1 Å². The average Bonchev–Trinajstić information content (AvgIpc) is 2.69. The fraction of sp³-hybridized carbons (Fsp3) is 0.381. The molecule has 1 aliphatic heterocycles. The van der Waals surface area contributed by atoms with Crippen LogP contribution in [0.15, 0.2) is 46.9 Å². The third-order valence-electron chi connectivity index (χ3n) is 5.03. The summed E-state index contributed by atoms with van der Waals surface area (Å²) < 4.78 is 5.97. The van der Waals surface area contributed by atoms with Crippen molar-refractivity contribution in [2.75, 3.05) is 26.7 Å². The standard InChI is InChI=1S/C21H25BrN2O3/c1-27-18-5-2-16(3-6-18)14-24-10-8-15(9-11-24)13-23-21(26)19-12-17(22)4-7-20(19)25/h2-7,12,15,25H,8-11,13-14H2,1H3,(H,23,26). The lowest BCUT2D eigenvalue weighted by molar-refractivity contribution is 0.0932. The van der Waals surface area contributed by atoms with Gasteiger partial charge in [-0.05, 0) is 67.7 Å². The molecule has 1 aliphatic rings. The molecule has 0 radical (unpaired) electrons. The Labute approximate surface area is 168 Å². The van der Waals surface area contributed by atoms with Crippen LogP contribution in [0.2, 0.25) is 0 Å². The first-order valence-electron chi connectivity index (χ1n) is 9.17. The summed E-state index contributed by atoms with van der Waals surface area (Å²) in [4.78, 5) is 14.8. The number of phenols is 1. The van der Waals surface area contributed by atoms with E-state index in [0.29, 0.717) is 18.0 Å². The molecule has 144 valence electrons. The van der Waals surface area contributed by atoms with E-state index in [1.54, 1.807) is 19.2 Å². The molecule has 1 amide bonds. The zero-order chi connectivity index (χ0) is 19.2. The molecule has 5 nitrogen and oxygen atoms in total. The number of carbonyl (C=O) groups excluding carboxylic acids is 1. The summed E-state index contributed by atoms with van der Waals surface area (Å²) in [6.45, 7) is 3.62. The van der Waals surface area contributed by atoms with Crippen molar-refractivity contribution in [3.63, 3.8) is 0 Å². The molecule has 27 heavy (non-hydrogen) atoms. The maximum Gasteiger partial charge on any atom is 0.255 e. The Morgan fingerprint density at radius 3 is 2.59 bits per heavy atom. The zero-order valence-electron chi connectivity index (χ0n) is 15.5. The van der Waals surface area contributed by atoms with Crippen LogP contribution in [0.4, 0.5) is 0 Å². The molecule has 1 saturated heterocycles. The molecule has 1 fully saturated rings. The molecule has 0 atom stereocenters. The largest absolute Gasteiger partial charge is 0.507 e. The van der Waals surface area contributed by atoms with Gasteiger partial charge in [-0.25, -0.2) is 0 Å². The van der Waals surface area contributed by atoms with Crippen LogP contribution >= 0.6 is 15.9 Å². The van der Waals surface area contributed by atoms with Crippen LogP contribution in [0.25, 0.3) is 0 Å². The minimum Gasteiger partial charge on any atom is -0.507 e. The van der Waals surface area contributed by atoms with Crippen LogP contribution in [-0.4, -0.2) is 42.7 Å². The van der Waals surface area contributed by atoms with Crippen LogP contribution in [0.5, 0.6) is 11.5 Å². The van der Waals surface area contributed by atoms with Crippen LogP contribution in [0.1, 0.15) is 28.8 Å². The highest BCUT2D eigenvalue weighted by Crippen LogP contribution is 2.23. The number of aromatic hydroxyl groups is 1. The fourth-order valence-corrected chi connectivity index (χ4v) is 3.72. The van der Waals surface area contributed by atoms with Gasteiger partial charge in [-0.3, -0.25) is 9.69 Å². The van der Waals surface area contributed by atoms with Crippen LogP contribution in [0, 0.1) is 5.92 Å². The normalized spacial score (nSPS) is 15.5. The molecule has 0 spiro atoms. The average molecular weight is 433 g/mol. The monoisotopic (exact) mass is 432 g/mol. The first kappa shape index (κ1) is 19.7. The number of nitrogens with one attached hydrogen (secondary N) is 1. The topological polar surface area (TPSA) is 61.8 Å². The van der Waals surface area contributed by atoms with Crippen molar-refractivity contribution in [3.8, 4) is 11.5 Å². The number of methoxy groups -OCH3 is 1. The van der Waals surface area contributed by atoms with Crippen molar-refractivity contribution < 1.29 is 14.6 Å². The third kappa shape index (κ3) is 5.47. The minimum atomic E-state index is -0.227. The molecule has 6 heteroatoms. The van der Waals surface area contributed by atoms with Crippen LogP contribution in [-0.2, 0) is 6.54 Å². The highest BCUT2D eigenvalue weighted by atomic mass is 79.9. The summed E-state index contributed by atoms with van der Waals surface area (Å²) in [6, 6.07) is 13.1. The predicted molar refractivity (Wildman–Crippen MR) is 109 cm³/mol. The van der Waals surface area contributed by atoms with Crippen molar-refractivity contribution in [1.82, 2.24) is 10.2 Å². The Morgan fingerprint density at radius 1 is 1.22 bits per heavy atom. The van der Waals surface area contributed by atoms with Crippen LogP contribution < -0.4 is 10.1 Å². The van der Waals surface area contributed by atoms with Crippen LogP contribution in [0.3, 0.4) is 0 Å². The highest BCUT2D eigenvalue weighted by Gasteiger charge is 2.20. The number of phenolic OH excluding ortho intramolecular Hbond substituents is 1. The van der Waals surface area contributed by atoms with Gasteiger partial charge >= 0.3 is 0 Å². The van der Waals surface area contributed by atoms with E-state index < -0.39 is 0 Å². The van der Waals surface area contributed by atoms with Gasteiger partial charge in [0.05, 0.1) is 12.7 Å². The molecular weight excluding hydrogens is 408 g/mol. The molecule has 0 unspecified atom stereocenters. The Kier molecular flexibility index (Phi) is 6.74. The van der Waals surface area contributed by atoms with Gasteiger partial charge in [-0.1, -0.05) is 28.1 Å². The SMILES string of the molecule is COc1ccc(CN2CCC(CNC(=O)c3cc(Br)ccc3O)CC2)cc1. The Balaban J connectivity index is 1.44. The molecule has 0 saturated carbocycles. The van der Waals surface area contributed by atoms with E-state index in [0.717, 1.165) is 42.7 Å². The Morgan fingerprint density at radius 2 is 1.93 bits per heavy atom. The van der Waals surface area contributed by atoms with Crippen molar-refractivity contribution >= 4 is 21.8 Å². The number of ether oxygens (including phenoxy) is 1. The number of amides is 1. The second-order valence-corrected chi connectivity index (χ2v) is 7.85. The van der Waals surface area contributed by atoms with Gasteiger partial charge in [-0.15, -0.1) is 0 Å². The fourth-order valence-electron chi connectivity index (χ4n) is 3.36. The lowest BCUT2D eigenvalue weighted by Gasteiger charge is -2.32. The van der Waals surface area contributed by atoms with Gasteiger partial charge in [0.1, 0.15) is 11.5 Å². The molecule has 0 bridgehead atoms. The van der Waals surface area contributed by atoms with Crippen molar-refractivity contribution in [2.24, 2.45) is 5.92 Å². The number of rotatable bonds is 6. The maximum absolute atomic E-state index is 12.3. The number of hydrogen-bond donors (Lipinski definition) is 2. The molecule has 2 aromatic rings. The first-order chi connectivity index (χ1) is 13.0. The van der Waals surface area contributed by atoms with E-state index in [1.165, 1.54) is 11.6 Å². The van der Waals surface area contributed by atoms with Crippen molar-refractivity contribution in [3.05, 3.63) is 58.1 Å². The lowest BCUT2D eigenvalue weighted by Crippen LogP contribution is -2.38. The maximum atomic E-state index is 12.3. The second kappa shape index (κ2) is 9.24. The summed E-state index contributed by atoms with van der Waals surface area (Å²) in [5, 5.41) is 12.8.